The van der Waals surface area contributed by atoms with Gasteiger partial charge < -0.3 is 14.2 Å². The maximum absolute atomic E-state index is 12.9. The molecule has 0 unspecified atom stereocenters. The van der Waals surface area contributed by atoms with Gasteiger partial charge in [-0.25, -0.2) is 0 Å². The SMILES string of the molecule is CC/C=C\C/C=C\C/C=C\C/C=C\C/C=C\C/C=C\CCC(=O)OC[C@H](COC(=O)CCCCCCCCCCCCCCCCCCCCC)OC(=O)CCCCC/C=C\C/C=C\C/C=C\C/C=C\CCCCC. The van der Waals surface area contributed by atoms with Crippen molar-refractivity contribution in [2.24, 2.45) is 0 Å². The molecule has 0 aliphatic carbocycles. The Balaban J connectivity index is 4.54. The molecule has 0 aliphatic rings. The molecule has 0 radical (unpaired) electrons. The van der Waals surface area contributed by atoms with Gasteiger partial charge in [0.25, 0.3) is 0 Å². The predicted molar refractivity (Wildman–Crippen MR) is 325 cm³/mol. The van der Waals surface area contributed by atoms with Crippen LogP contribution >= 0.6 is 0 Å². The van der Waals surface area contributed by atoms with Crippen LogP contribution in [0.15, 0.2) is 122 Å². The van der Waals surface area contributed by atoms with Gasteiger partial charge in [-0.3, -0.25) is 14.4 Å². The van der Waals surface area contributed by atoms with Gasteiger partial charge in [-0.2, -0.15) is 0 Å². The van der Waals surface area contributed by atoms with E-state index in [0.717, 1.165) is 96.3 Å². The van der Waals surface area contributed by atoms with E-state index in [1.807, 2.05) is 6.08 Å². The average molecular weight is 1040 g/mol. The Hall–Kier alpha value is -4.19. The van der Waals surface area contributed by atoms with E-state index in [9.17, 15) is 14.4 Å². The van der Waals surface area contributed by atoms with Gasteiger partial charge in [-0.05, 0) is 103 Å². The number of esters is 3. The second-order valence-electron chi connectivity index (χ2n) is 20.2. The van der Waals surface area contributed by atoms with Crippen LogP contribution in [0.4, 0.5) is 0 Å². The zero-order valence-electron chi connectivity index (χ0n) is 48.8. The lowest BCUT2D eigenvalue weighted by atomic mass is 10.0. The molecule has 0 aromatic heterocycles. The Bertz CT molecular complexity index is 1570. The molecule has 6 nitrogen and oxygen atoms in total. The predicted octanol–water partition coefficient (Wildman–Crippen LogP) is 21.2. The van der Waals surface area contributed by atoms with Crippen molar-refractivity contribution in [3.05, 3.63) is 122 Å². The second-order valence-corrected chi connectivity index (χ2v) is 20.2. The van der Waals surface area contributed by atoms with Gasteiger partial charge in [0, 0.05) is 19.3 Å². The molecule has 426 valence electrons. The smallest absolute Gasteiger partial charge is 0.306 e. The van der Waals surface area contributed by atoms with Gasteiger partial charge in [0.2, 0.25) is 0 Å². The summed E-state index contributed by atoms with van der Waals surface area (Å²) in [6.07, 6.45) is 86.4. The van der Waals surface area contributed by atoms with E-state index in [2.05, 4.69) is 136 Å². The van der Waals surface area contributed by atoms with Crippen LogP contribution in [0.3, 0.4) is 0 Å². The van der Waals surface area contributed by atoms with Crippen molar-refractivity contribution in [2.75, 3.05) is 13.2 Å². The number of carbonyl (C=O) groups is 3. The first-order chi connectivity index (χ1) is 37.0. The van der Waals surface area contributed by atoms with Gasteiger partial charge in [-0.1, -0.05) is 277 Å². The fourth-order valence-electron chi connectivity index (χ4n) is 8.33. The first kappa shape index (κ1) is 70.8. The number of hydrogen-bond acceptors (Lipinski definition) is 6. The minimum absolute atomic E-state index is 0.115. The Morgan fingerprint density at radius 1 is 0.280 bits per heavy atom. The van der Waals surface area contributed by atoms with Crippen LogP contribution in [0.2, 0.25) is 0 Å². The van der Waals surface area contributed by atoms with Crippen molar-refractivity contribution >= 4 is 17.9 Å². The molecule has 0 heterocycles. The molecule has 0 saturated heterocycles. The normalized spacial score (nSPS) is 12.9. The first-order valence-corrected chi connectivity index (χ1v) is 31.0. The van der Waals surface area contributed by atoms with Crippen LogP contribution in [0.1, 0.15) is 278 Å². The largest absolute Gasteiger partial charge is 0.462 e. The number of allylic oxidation sites excluding steroid dienone is 20. The van der Waals surface area contributed by atoms with Gasteiger partial charge in [0.05, 0.1) is 0 Å². The molecular weight excluding hydrogens is 925 g/mol. The number of carbonyl (C=O) groups excluding carboxylic acids is 3. The molecule has 0 spiro atoms. The third kappa shape index (κ3) is 60.6. The van der Waals surface area contributed by atoms with Crippen LogP contribution in [0.5, 0.6) is 0 Å². The second kappa shape index (κ2) is 62.4. The van der Waals surface area contributed by atoms with Crippen LogP contribution in [-0.2, 0) is 28.6 Å². The minimum atomic E-state index is -0.829. The van der Waals surface area contributed by atoms with E-state index in [4.69, 9.17) is 14.2 Å². The van der Waals surface area contributed by atoms with Crippen molar-refractivity contribution in [3.8, 4) is 0 Å². The lowest BCUT2D eigenvalue weighted by molar-refractivity contribution is -0.166. The van der Waals surface area contributed by atoms with E-state index < -0.39 is 6.10 Å². The summed E-state index contributed by atoms with van der Waals surface area (Å²) in [6.45, 7) is 6.43. The summed E-state index contributed by atoms with van der Waals surface area (Å²) in [7, 11) is 0. The molecule has 6 heteroatoms. The number of rotatable bonds is 55. The quantitative estimate of drug-likeness (QED) is 0.0261. The lowest BCUT2D eigenvalue weighted by Crippen LogP contribution is -2.30. The summed E-state index contributed by atoms with van der Waals surface area (Å²) in [6, 6.07) is 0. The summed E-state index contributed by atoms with van der Waals surface area (Å²) in [4.78, 5) is 38.3. The number of unbranched alkanes of at least 4 members (excludes halogenated alkanes) is 24. The molecule has 0 aromatic rings. The highest BCUT2D eigenvalue weighted by Crippen LogP contribution is 2.16. The van der Waals surface area contributed by atoms with Crippen LogP contribution in [-0.4, -0.2) is 37.2 Å². The average Bonchev–Trinajstić information content (AvgIpc) is 3.41. The highest BCUT2D eigenvalue weighted by molar-refractivity contribution is 5.71. The van der Waals surface area contributed by atoms with Gasteiger partial charge >= 0.3 is 17.9 Å². The van der Waals surface area contributed by atoms with Crippen LogP contribution < -0.4 is 0 Å². The third-order valence-corrected chi connectivity index (χ3v) is 13.0. The molecule has 0 saturated carbocycles. The molecule has 0 rings (SSSR count). The summed E-state index contributed by atoms with van der Waals surface area (Å²) in [5, 5.41) is 0. The van der Waals surface area contributed by atoms with E-state index in [1.54, 1.807) is 0 Å². The molecule has 0 aliphatic heterocycles. The third-order valence-electron chi connectivity index (χ3n) is 13.0. The molecule has 0 N–H and O–H groups in total. The standard InChI is InChI=1S/C69H114O6/c1-4-7-10-13-16-19-22-25-28-31-34-37-40-43-46-49-52-55-58-61-67(70)73-64-66(75-69(72)63-60-57-54-51-48-45-42-39-36-33-30-27-24-21-18-15-12-9-6-3)65-74-68(71)62-59-56-53-50-47-44-41-38-35-32-29-26-23-20-17-14-11-8-5-2/h7,10,16,18-19,21,25,27-28,30,34,36-37,39,43,45-46,48,52,55,66H,4-6,8-9,11-15,17,20,22-24,26,29,31-33,35,38,40-42,44,47,49-51,53-54,56-65H2,1-3H3/b10-7-,19-16-,21-18-,28-25-,30-27-,37-34-,39-36-,46-43-,48-45-,55-52-/t66-/m1/s1. The van der Waals surface area contributed by atoms with Gasteiger partial charge in [-0.15, -0.1) is 0 Å². The Morgan fingerprint density at radius 3 is 0.920 bits per heavy atom. The van der Waals surface area contributed by atoms with Crippen LogP contribution in [0.25, 0.3) is 0 Å². The monoisotopic (exact) mass is 1040 g/mol. The van der Waals surface area contributed by atoms with Gasteiger partial charge in [0.1, 0.15) is 13.2 Å². The summed E-state index contributed by atoms with van der Waals surface area (Å²) >= 11 is 0. The van der Waals surface area contributed by atoms with Crippen molar-refractivity contribution in [3.63, 3.8) is 0 Å². The molecular formula is C69H114O6. The Morgan fingerprint density at radius 2 is 0.547 bits per heavy atom. The first-order valence-electron chi connectivity index (χ1n) is 31.0. The fraction of sp³-hybridized carbons (Fsp3) is 0.667. The summed E-state index contributed by atoms with van der Waals surface area (Å²) < 4.78 is 16.8. The zero-order valence-corrected chi connectivity index (χ0v) is 48.8. The van der Waals surface area contributed by atoms with Gasteiger partial charge in [0.15, 0.2) is 6.10 Å². The molecule has 1 atom stereocenters. The maximum atomic E-state index is 12.9. The van der Waals surface area contributed by atoms with Crippen molar-refractivity contribution < 1.29 is 28.6 Å². The lowest BCUT2D eigenvalue weighted by Gasteiger charge is -2.18. The molecule has 0 aromatic carbocycles. The summed E-state index contributed by atoms with van der Waals surface area (Å²) in [5.74, 6) is -1.03. The zero-order chi connectivity index (χ0) is 54.3. The molecule has 0 bridgehead atoms. The molecule has 0 fully saturated rings. The highest BCUT2D eigenvalue weighted by Gasteiger charge is 2.19. The van der Waals surface area contributed by atoms with E-state index in [1.165, 1.54) is 128 Å². The Kier molecular flexibility index (Phi) is 58.9. The van der Waals surface area contributed by atoms with Crippen molar-refractivity contribution in [1.29, 1.82) is 0 Å². The maximum Gasteiger partial charge on any atom is 0.306 e. The fourth-order valence-corrected chi connectivity index (χ4v) is 8.33. The topological polar surface area (TPSA) is 78.9 Å². The van der Waals surface area contributed by atoms with Crippen molar-refractivity contribution in [1.82, 2.24) is 0 Å². The number of ether oxygens (including phenoxy) is 3. The molecule has 75 heavy (non-hydrogen) atoms. The van der Waals surface area contributed by atoms with E-state index in [-0.39, 0.29) is 44.0 Å². The van der Waals surface area contributed by atoms with E-state index in [0.29, 0.717) is 19.3 Å². The van der Waals surface area contributed by atoms with Crippen molar-refractivity contribution in [2.45, 2.75) is 284 Å². The summed E-state index contributed by atoms with van der Waals surface area (Å²) in [5.41, 5.74) is 0. The van der Waals surface area contributed by atoms with Crippen LogP contribution in [0, 0.1) is 0 Å². The molecule has 0 amide bonds. The highest BCUT2D eigenvalue weighted by atomic mass is 16.6. The minimum Gasteiger partial charge on any atom is -0.462 e. The van der Waals surface area contributed by atoms with E-state index >= 15 is 0 Å². The number of hydrogen-bond donors (Lipinski definition) is 0. The Labute approximate surface area is 462 Å².